The lowest BCUT2D eigenvalue weighted by Gasteiger charge is -2.06. The van der Waals surface area contributed by atoms with Crippen molar-refractivity contribution in [2.75, 3.05) is 12.3 Å². The highest BCUT2D eigenvalue weighted by molar-refractivity contribution is 5.75. The average Bonchev–Trinajstić information content (AvgIpc) is 2.50. The zero-order chi connectivity index (χ0) is 11.3. The zero-order valence-corrected chi connectivity index (χ0v) is 9.10. The minimum Gasteiger partial charge on any atom is -0.367 e. The summed E-state index contributed by atoms with van der Waals surface area (Å²) in [5.41, 5.74) is 5.32. The molecule has 0 spiro atoms. The molecule has 0 saturated heterocycles. The summed E-state index contributed by atoms with van der Waals surface area (Å²) in [5, 5.41) is 6.62. The van der Waals surface area contributed by atoms with E-state index in [9.17, 15) is 4.79 Å². The fraction of sp³-hybridized carbons (Fsp3) is 0.667. The zero-order valence-electron chi connectivity index (χ0n) is 9.10. The first-order chi connectivity index (χ1) is 7.08. The third kappa shape index (κ3) is 4.44. The van der Waals surface area contributed by atoms with Gasteiger partial charge in [0.2, 0.25) is 11.9 Å². The molecule has 0 radical (unpaired) electrons. The molecule has 1 rings (SSSR count). The van der Waals surface area contributed by atoms with Crippen molar-refractivity contribution in [2.24, 2.45) is 5.92 Å². The van der Waals surface area contributed by atoms with Crippen LogP contribution in [0.1, 0.15) is 20.3 Å². The largest absolute Gasteiger partial charge is 0.367 e. The Bertz CT molecular complexity index is 320. The Morgan fingerprint density at radius 1 is 1.67 bits per heavy atom. The van der Waals surface area contributed by atoms with Gasteiger partial charge in [0, 0.05) is 6.54 Å². The number of carbonyl (C=O) groups is 1. The fourth-order valence-electron chi connectivity index (χ4n) is 1.09. The van der Waals surface area contributed by atoms with Gasteiger partial charge < -0.3 is 11.1 Å². The second kappa shape index (κ2) is 5.33. The number of nitrogen functional groups attached to an aromatic ring is 1. The highest BCUT2D eigenvalue weighted by Gasteiger charge is 2.04. The van der Waals surface area contributed by atoms with Crippen LogP contribution >= 0.6 is 0 Å². The molecule has 1 heterocycles. The van der Waals surface area contributed by atoms with Crippen molar-refractivity contribution < 1.29 is 4.79 Å². The number of nitrogens with two attached hydrogens (primary N) is 1. The minimum absolute atomic E-state index is 0.0689. The molecule has 0 unspecified atom stereocenters. The van der Waals surface area contributed by atoms with E-state index < -0.39 is 0 Å². The molecule has 0 saturated carbocycles. The van der Waals surface area contributed by atoms with Crippen LogP contribution in [-0.4, -0.2) is 27.2 Å². The second-order valence-corrected chi connectivity index (χ2v) is 3.83. The van der Waals surface area contributed by atoms with Crippen LogP contribution in [0.15, 0.2) is 6.33 Å². The van der Waals surface area contributed by atoms with Crippen molar-refractivity contribution >= 4 is 11.9 Å². The summed E-state index contributed by atoms with van der Waals surface area (Å²) in [6.45, 7) is 5.09. The van der Waals surface area contributed by atoms with Crippen molar-refractivity contribution in [2.45, 2.75) is 26.8 Å². The Labute approximate surface area is 88.9 Å². The van der Waals surface area contributed by atoms with E-state index in [2.05, 4.69) is 29.2 Å². The second-order valence-electron chi connectivity index (χ2n) is 3.83. The van der Waals surface area contributed by atoms with E-state index >= 15 is 0 Å². The molecule has 6 heteroatoms. The van der Waals surface area contributed by atoms with Gasteiger partial charge in [-0.05, 0) is 12.3 Å². The summed E-state index contributed by atoms with van der Waals surface area (Å²) in [4.78, 5) is 15.1. The quantitative estimate of drug-likeness (QED) is 0.719. The molecule has 0 fully saturated rings. The molecule has 0 bridgehead atoms. The summed E-state index contributed by atoms with van der Waals surface area (Å²) in [6.07, 6.45) is 2.42. The molecule has 0 aliphatic heterocycles. The lowest BCUT2D eigenvalue weighted by molar-refractivity contribution is -0.121. The maximum absolute atomic E-state index is 11.4. The van der Waals surface area contributed by atoms with E-state index in [-0.39, 0.29) is 18.4 Å². The Kier molecular flexibility index (Phi) is 4.08. The number of hydrogen-bond acceptors (Lipinski definition) is 4. The molecular weight excluding hydrogens is 194 g/mol. The van der Waals surface area contributed by atoms with E-state index in [4.69, 9.17) is 5.73 Å². The monoisotopic (exact) mass is 211 g/mol. The van der Waals surface area contributed by atoms with E-state index in [0.717, 1.165) is 6.42 Å². The van der Waals surface area contributed by atoms with Crippen molar-refractivity contribution in [1.29, 1.82) is 0 Å². The molecule has 1 aromatic rings. The molecule has 84 valence electrons. The molecule has 3 N–H and O–H groups in total. The van der Waals surface area contributed by atoms with Crippen molar-refractivity contribution in [1.82, 2.24) is 20.1 Å². The van der Waals surface area contributed by atoms with Crippen molar-refractivity contribution in [3.05, 3.63) is 6.33 Å². The summed E-state index contributed by atoms with van der Waals surface area (Å²) in [5.74, 6) is 0.706. The van der Waals surface area contributed by atoms with Gasteiger partial charge in [-0.2, -0.15) is 0 Å². The van der Waals surface area contributed by atoms with Gasteiger partial charge in [-0.15, -0.1) is 5.10 Å². The molecule has 6 nitrogen and oxygen atoms in total. The van der Waals surface area contributed by atoms with Gasteiger partial charge in [0.25, 0.3) is 0 Å². The number of aromatic nitrogens is 3. The molecule has 0 aliphatic rings. The predicted molar refractivity (Wildman–Crippen MR) is 56.9 cm³/mol. The van der Waals surface area contributed by atoms with Crippen LogP contribution in [0.4, 0.5) is 5.95 Å². The van der Waals surface area contributed by atoms with Crippen LogP contribution in [-0.2, 0) is 11.3 Å². The number of rotatable bonds is 5. The van der Waals surface area contributed by atoms with Gasteiger partial charge in [0.05, 0.1) is 0 Å². The standard InChI is InChI=1S/C9H17N5O/c1-7(2)3-4-11-8(15)5-14-6-12-9(10)13-14/h6-7H,3-5H2,1-2H3,(H2,10,13)(H,11,15). The highest BCUT2D eigenvalue weighted by atomic mass is 16.2. The van der Waals surface area contributed by atoms with Gasteiger partial charge in [-0.3, -0.25) is 4.79 Å². The number of nitrogens with one attached hydrogen (secondary N) is 1. The summed E-state index contributed by atoms with van der Waals surface area (Å²) < 4.78 is 1.42. The van der Waals surface area contributed by atoms with Crippen LogP contribution in [0.2, 0.25) is 0 Å². The first kappa shape index (κ1) is 11.5. The van der Waals surface area contributed by atoms with E-state index in [0.29, 0.717) is 12.5 Å². The number of carbonyl (C=O) groups excluding carboxylic acids is 1. The van der Waals surface area contributed by atoms with Crippen molar-refractivity contribution in [3.8, 4) is 0 Å². The third-order valence-corrected chi connectivity index (χ3v) is 1.90. The summed E-state index contributed by atoms with van der Waals surface area (Å²) in [6, 6.07) is 0. The predicted octanol–water partition coefficient (Wildman–Crippen LogP) is 0.0226. The smallest absolute Gasteiger partial charge is 0.241 e. The van der Waals surface area contributed by atoms with Gasteiger partial charge in [0.1, 0.15) is 12.9 Å². The Hall–Kier alpha value is -1.59. The van der Waals surface area contributed by atoms with E-state index in [1.54, 1.807) is 0 Å². The maximum Gasteiger partial charge on any atom is 0.241 e. The normalized spacial score (nSPS) is 10.6. The van der Waals surface area contributed by atoms with Gasteiger partial charge in [0.15, 0.2) is 0 Å². The van der Waals surface area contributed by atoms with Crippen molar-refractivity contribution in [3.63, 3.8) is 0 Å². The molecule has 15 heavy (non-hydrogen) atoms. The molecule has 0 aromatic carbocycles. The molecule has 0 atom stereocenters. The lowest BCUT2D eigenvalue weighted by atomic mass is 10.1. The van der Waals surface area contributed by atoms with Gasteiger partial charge in [-0.25, -0.2) is 9.67 Å². The van der Waals surface area contributed by atoms with Gasteiger partial charge in [-0.1, -0.05) is 13.8 Å². The van der Waals surface area contributed by atoms with E-state index in [1.807, 2.05) is 0 Å². The van der Waals surface area contributed by atoms with Crippen LogP contribution in [0.3, 0.4) is 0 Å². The maximum atomic E-state index is 11.4. The number of anilines is 1. The number of nitrogens with zero attached hydrogens (tertiary/aromatic N) is 3. The third-order valence-electron chi connectivity index (χ3n) is 1.90. The molecule has 1 aromatic heterocycles. The number of amides is 1. The topological polar surface area (TPSA) is 85.8 Å². The summed E-state index contributed by atoms with van der Waals surface area (Å²) in [7, 11) is 0. The SMILES string of the molecule is CC(C)CCNC(=O)Cn1cnc(N)n1. The number of hydrogen-bond donors (Lipinski definition) is 2. The molecular formula is C9H17N5O. The highest BCUT2D eigenvalue weighted by Crippen LogP contribution is 1.96. The van der Waals surface area contributed by atoms with E-state index in [1.165, 1.54) is 11.0 Å². The first-order valence-electron chi connectivity index (χ1n) is 4.99. The van der Waals surface area contributed by atoms with Gasteiger partial charge >= 0.3 is 0 Å². The van der Waals surface area contributed by atoms with Crippen LogP contribution in [0.25, 0.3) is 0 Å². The van der Waals surface area contributed by atoms with Crippen LogP contribution < -0.4 is 11.1 Å². The Morgan fingerprint density at radius 3 is 2.93 bits per heavy atom. The Morgan fingerprint density at radius 2 is 2.40 bits per heavy atom. The van der Waals surface area contributed by atoms with Crippen LogP contribution in [0, 0.1) is 5.92 Å². The molecule has 0 aliphatic carbocycles. The minimum atomic E-state index is -0.0689. The Balaban J connectivity index is 2.24. The average molecular weight is 211 g/mol. The summed E-state index contributed by atoms with van der Waals surface area (Å²) >= 11 is 0. The first-order valence-corrected chi connectivity index (χ1v) is 4.99. The lowest BCUT2D eigenvalue weighted by Crippen LogP contribution is -2.29. The molecule has 1 amide bonds. The fourth-order valence-corrected chi connectivity index (χ4v) is 1.09. The van der Waals surface area contributed by atoms with Crippen LogP contribution in [0.5, 0.6) is 0 Å².